The number of halogens is 3. The van der Waals surface area contributed by atoms with Crippen LogP contribution < -0.4 is 5.32 Å². The van der Waals surface area contributed by atoms with Crippen molar-refractivity contribution >= 4 is 5.96 Å². The van der Waals surface area contributed by atoms with Gasteiger partial charge in [0.2, 0.25) is 0 Å². The van der Waals surface area contributed by atoms with Crippen molar-refractivity contribution in [3.63, 3.8) is 0 Å². The van der Waals surface area contributed by atoms with Gasteiger partial charge in [0.25, 0.3) is 0 Å². The molecule has 1 aliphatic heterocycles. The van der Waals surface area contributed by atoms with E-state index in [4.69, 9.17) is 0 Å². The van der Waals surface area contributed by atoms with E-state index in [1.165, 1.54) is 0 Å². The van der Waals surface area contributed by atoms with Crippen molar-refractivity contribution < 1.29 is 13.2 Å². The number of aliphatic imine (C=N–C) groups is 1. The van der Waals surface area contributed by atoms with Crippen LogP contribution in [0.3, 0.4) is 0 Å². The lowest BCUT2D eigenvalue weighted by atomic mass is 10.1. The fourth-order valence-electron chi connectivity index (χ4n) is 2.67. The third kappa shape index (κ3) is 6.54. The van der Waals surface area contributed by atoms with E-state index in [0.717, 1.165) is 39.1 Å². The first-order valence-corrected chi connectivity index (χ1v) is 7.64. The first-order chi connectivity index (χ1) is 9.89. The lowest BCUT2D eigenvalue weighted by Gasteiger charge is -2.24. The minimum atomic E-state index is -4.12. The second kappa shape index (κ2) is 8.46. The molecule has 0 aliphatic carbocycles. The van der Waals surface area contributed by atoms with Gasteiger partial charge in [0.15, 0.2) is 5.96 Å². The summed E-state index contributed by atoms with van der Waals surface area (Å²) < 4.78 is 36.5. The maximum absolute atomic E-state index is 12.2. The Kier molecular flexibility index (Phi) is 7.28. The topological polar surface area (TPSA) is 30.9 Å². The number of rotatable bonds is 6. The lowest BCUT2D eigenvalue weighted by Crippen LogP contribution is -2.42. The fraction of sp³-hybridized carbons (Fsp3) is 0.929. The van der Waals surface area contributed by atoms with Crippen molar-refractivity contribution in [1.82, 2.24) is 15.1 Å². The average Bonchev–Trinajstić information content (AvgIpc) is 2.88. The van der Waals surface area contributed by atoms with Gasteiger partial charge in [-0.25, -0.2) is 0 Å². The molecule has 1 saturated heterocycles. The molecule has 1 rings (SSSR count). The van der Waals surface area contributed by atoms with Crippen LogP contribution in [-0.4, -0.2) is 68.3 Å². The maximum Gasteiger partial charge on any atom is 0.390 e. The molecule has 0 aromatic carbocycles. The van der Waals surface area contributed by atoms with Crippen molar-refractivity contribution in [2.24, 2.45) is 10.9 Å². The number of likely N-dealkylation sites (tertiary alicyclic amines) is 1. The van der Waals surface area contributed by atoms with E-state index in [0.29, 0.717) is 11.9 Å². The molecule has 0 amide bonds. The smallest absolute Gasteiger partial charge is 0.356 e. The fourth-order valence-corrected chi connectivity index (χ4v) is 2.67. The molecule has 1 unspecified atom stereocenters. The zero-order valence-electron chi connectivity index (χ0n) is 13.2. The Balaban J connectivity index is 2.39. The summed E-state index contributed by atoms with van der Waals surface area (Å²) in [6, 6.07) is 0. The molecular weight excluding hydrogens is 281 g/mol. The molecular formula is C14H27F3N4. The molecule has 0 bridgehead atoms. The van der Waals surface area contributed by atoms with Crippen LogP contribution >= 0.6 is 0 Å². The van der Waals surface area contributed by atoms with Crippen molar-refractivity contribution in [3.8, 4) is 0 Å². The van der Waals surface area contributed by atoms with E-state index >= 15 is 0 Å². The average molecular weight is 308 g/mol. The van der Waals surface area contributed by atoms with Gasteiger partial charge in [-0.3, -0.25) is 4.99 Å². The van der Waals surface area contributed by atoms with Gasteiger partial charge < -0.3 is 15.1 Å². The van der Waals surface area contributed by atoms with E-state index in [1.807, 2.05) is 0 Å². The van der Waals surface area contributed by atoms with Gasteiger partial charge in [-0.15, -0.1) is 0 Å². The Bertz CT molecular complexity index is 327. The third-order valence-electron chi connectivity index (χ3n) is 3.90. The first-order valence-electron chi connectivity index (χ1n) is 7.64. The molecule has 124 valence electrons. The zero-order chi connectivity index (χ0) is 15.9. The summed E-state index contributed by atoms with van der Waals surface area (Å²) >= 11 is 0. The third-order valence-corrected chi connectivity index (χ3v) is 3.90. The van der Waals surface area contributed by atoms with E-state index < -0.39 is 12.6 Å². The molecule has 0 spiro atoms. The number of hydrogen-bond donors (Lipinski definition) is 1. The van der Waals surface area contributed by atoms with Gasteiger partial charge >= 0.3 is 6.18 Å². The van der Waals surface area contributed by atoms with Crippen LogP contribution in [0.1, 0.15) is 26.7 Å². The van der Waals surface area contributed by atoms with E-state index in [-0.39, 0.29) is 6.54 Å². The second-order valence-corrected chi connectivity index (χ2v) is 5.43. The molecule has 4 nitrogen and oxygen atoms in total. The van der Waals surface area contributed by atoms with E-state index in [2.05, 4.69) is 34.0 Å². The highest BCUT2D eigenvalue weighted by Crippen LogP contribution is 2.19. The molecule has 0 saturated carbocycles. The largest absolute Gasteiger partial charge is 0.390 e. The predicted octanol–water partition coefficient (Wildman–Crippen LogP) is 2.18. The Morgan fingerprint density at radius 3 is 2.52 bits per heavy atom. The van der Waals surface area contributed by atoms with Crippen LogP contribution in [0.4, 0.5) is 13.2 Å². The highest BCUT2D eigenvalue weighted by molar-refractivity contribution is 5.80. The molecule has 0 aromatic heterocycles. The maximum atomic E-state index is 12.2. The molecule has 1 atom stereocenters. The minimum Gasteiger partial charge on any atom is -0.356 e. The van der Waals surface area contributed by atoms with Gasteiger partial charge in [0.1, 0.15) is 0 Å². The van der Waals surface area contributed by atoms with Crippen molar-refractivity contribution in [1.29, 1.82) is 0 Å². The molecule has 1 heterocycles. The SMILES string of the molecule is CCN(CC)CC1CCN(C(=NC)NCCC(F)(F)F)C1. The quantitative estimate of drug-likeness (QED) is 0.603. The van der Waals surface area contributed by atoms with Gasteiger partial charge in [-0.2, -0.15) is 13.2 Å². The second-order valence-electron chi connectivity index (χ2n) is 5.43. The van der Waals surface area contributed by atoms with Crippen LogP contribution in [-0.2, 0) is 0 Å². The molecule has 1 N–H and O–H groups in total. The summed E-state index contributed by atoms with van der Waals surface area (Å²) in [4.78, 5) is 8.54. The highest BCUT2D eigenvalue weighted by atomic mass is 19.4. The monoisotopic (exact) mass is 308 g/mol. The summed E-state index contributed by atoms with van der Waals surface area (Å²) in [5.74, 6) is 1.15. The molecule has 1 fully saturated rings. The molecule has 7 heteroatoms. The van der Waals surface area contributed by atoms with E-state index in [9.17, 15) is 13.2 Å². The predicted molar refractivity (Wildman–Crippen MR) is 79.5 cm³/mol. The van der Waals surface area contributed by atoms with Gasteiger partial charge in [0, 0.05) is 33.2 Å². The standard InChI is InChI=1S/C14H27F3N4/c1-4-20(5-2)10-12-6-9-21(11-12)13(18-3)19-8-7-14(15,16)17/h12H,4-11H2,1-3H3,(H,18,19). The normalized spacial score (nSPS) is 20.4. The summed E-state index contributed by atoms with van der Waals surface area (Å²) in [6.45, 7) is 9.01. The van der Waals surface area contributed by atoms with Crippen LogP contribution in [0, 0.1) is 5.92 Å². The Labute approximate surface area is 125 Å². The number of nitrogens with zero attached hydrogens (tertiary/aromatic N) is 3. The van der Waals surface area contributed by atoms with Crippen molar-refractivity contribution in [2.75, 3.05) is 46.3 Å². The molecule has 0 radical (unpaired) electrons. The molecule has 1 aliphatic rings. The summed E-state index contributed by atoms with van der Waals surface area (Å²) in [6.07, 6.45) is -3.89. The summed E-state index contributed by atoms with van der Waals surface area (Å²) in [5.41, 5.74) is 0. The summed E-state index contributed by atoms with van der Waals surface area (Å²) in [5, 5.41) is 2.81. The van der Waals surface area contributed by atoms with E-state index in [1.54, 1.807) is 7.05 Å². The lowest BCUT2D eigenvalue weighted by molar-refractivity contribution is -0.132. The number of alkyl halides is 3. The Morgan fingerprint density at radius 1 is 1.33 bits per heavy atom. The van der Waals surface area contributed by atoms with Crippen LogP contribution in [0.2, 0.25) is 0 Å². The van der Waals surface area contributed by atoms with Crippen molar-refractivity contribution in [2.45, 2.75) is 32.9 Å². The first kappa shape index (κ1) is 18.1. The minimum absolute atomic E-state index is 0.118. The molecule has 0 aromatic rings. The molecule has 21 heavy (non-hydrogen) atoms. The zero-order valence-corrected chi connectivity index (χ0v) is 13.2. The van der Waals surface area contributed by atoms with Gasteiger partial charge in [-0.1, -0.05) is 13.8 Å². The van der Waals surface area contributed by atoms with Crippen LogP contribution in [0.25, 0.3) is 0 Å². The van der Waals surface area contributed by atoms with Crippen LogP contribution in [0.15, 0.2) is 4.99 Å². The van der Waals surface area contributed by atoms with Crippen LogP contribution in [0.5, 0.6) is 0 Å². The summed E-state index contributed by atoms with van der Waals surface area (Å²) in [7, 11) is 1.62. The van der Waals surface area contributed by atoms with Crippen molar-refractivity contribution in [3.05, 3.63) is 0 Å². The number of guanidine groups is 1. The number of hydrogen-bond acceptors (Lipinski definition) is 2. The van der Waals surface area contributed by atoms with Gasteiger partial charge in [0.05, 0.1) is 6.42 Å². The Hall–Kier alpha value is -0.980. The highest BCUT2D eigenvalue weighted by Gasteiger charge is 2.28. The number of nitrogens with one attached hydrogen (secondary N) is 1. The Morgan fingerprint density at radius 2 is 2.00 bits per heavy atom. The van der Waals surface area contributed by atoms with Gasteiger partial charge in [-0.05, 0) is 25.4 Å².